The molecule has 4 nitrogen and oxygen atoms in total. The highest BCUT2D eigenvalue weighted by molar-refractivity contribution is 5.82. The van der Waals surface area contributed by atoms with E-state index in [0.29, 0.717) is 12.3 Å². The fraction of sp³-hybridized carbons (Fsp3) is 0.440. The molecule has 0 bridgehead atoms. The van der Waals surface area contributed by atoms with Crippen molar-refractivity contribution >= 4 is 12.0 Å². The number of nitrogens with zero attached hydrogens (tertiary/aromatic N) is 1. The van der Waals surface area contributed by atoms with Gasteiger partial charge in [0.15, 0.2) is 5.60 Å². The van der Waals surface area contributed by atoms with Gasteiger partial charge < -0.3 is 9.84 Å². The van der Waals surface area contributed by atoms with E-state index in [4.69, 9.17) is 4.74 Å². The molecule has 1 aliphatic carbocycles. The molecule has 4 heteroatoms. The van der Waals surface area contributed by atoms with Crippen LogP contribution < -0.4 is 0 Å². The fourth-order valence-electron chi connectivity index (χ4n) is 5.17. The number of cyclic esters (lactones) is 1. The summed E-state index contributed by atoms with van der Waals surface area (Å²) in [4.78, 5) is 16.9. The molecule has 1 saturated heterocycles. The number of esters is 1. The Morgan fingerprint density at radius 1 is 1.17 bits per heavy atom. The van der Waals surface area contributed by atoms with Crippen molar-refractivity contribution in [3.05, 3.63) is 59.9 Å². The third-order valence-electron chi connectivity index (χ3n) is 6.99. The zero-order valence-electron chi connectivity index (χ0n) is 17.5. The minimum Gasteiger partial charge on any atom is -0.460 e. The topological polar surface area (TPSA) is 59.4 Å². The van der Waals surface area contributed by atoms with Crippen LogP contribution in [0.1, 0.15) is 38.4 Å². The lowest BCUT2D eigenvalue weighted by atomic mass is 9.60. The molecule has 2 aromatic rings. The Morgan fingerprint density at radius 2 is 1.93 bits per heavy atom. The van der Waals surface area contributed by atoms with Crippen molar-refractivity contribution in [1.29, 1.82) is 0 Å². The highest BCUT2D eigenvalue weighted by atomic mass is 16.6. The summed E-state index contributed by atoms with van der Waals surface area (Å²) in [6.07, 6.45) is 6.21. The zero-order valence-corrected chi connectivity index (χ0v) is 17.5. The second kappa shape index (κ2) is 7.42. The van der Waals surface area contributed by atoms with E-state index in [2.05, 4.69) is 50.0 Å². The lowest BCUT2D eigenvalue weighted by Crippen LogP contribution is -2.52. The molecule has 1 aromatic carbocycles. The predicted molar refractivity (Wildman–Crippen MR) is 114 cm³/mol. The van der Waals surface area contributed by atoms with Gasteiger partial charge in [-0.3, -0.25) is 4.98 Å². The van der Waals surface area contributed by atoms with Gasteiger partial charge in [-0.25, -0.2) is 4.79 Å². The first-order valence-corrected chi connectivity index (χ1v) is 10.4. The summed E-state index contributed by atoms with van der Waals surface area (Å²) < 4.78 is 5.43. The van der Waals surface area contributed by atoms with Crippen LogP contribution in [-0.4, -0.2) is 27.8 Å². The number of aromatic nitrogens is 1. The van der Waals surface area contributed by atoms with Crippen molar-refractivity contribution in [2.45, 2.75) is 45.8 Å². The van der Waals surface area contributed by atoms with Crippen molar-refractivity contribution in [3.63, 3.8) is 0 Å². The Morgan fingerprint density at radius 3 is 2.62 bits per heavy atom. The number of hydrogen-bond donors (Lipinski definition) is 1. The summed E-state index contributed by atoms with van der Waals surface area (Å²) in [5, 5.41) is 11.1. The molecule has 6 atom stereocenters. The molecule has 2 fully saturated rings. The van der Waals surface area contributed by atoms with Crippen molar-refractivity contribution in [2.75, 3.05) is 0 Å². The van der Waals surface area contributed by atoms with E-state index in [1.165, 1.54) is 11.1 Å². The molecule has 152 valence electrons. The zero-order chi connectivity index (χ0) is 20.8. The van der Waals surface area contributed by atoms with Crippen LogP contribution in [-0.2, 0) is 9.53 Å². The van der Waals surface area contributed by atoms with Crippen molar-refractivity contribution in [3.8, 4) is 11.1 Å². The van der Waals surface area contributed by atoms with Crippen LogP contribution in [0, 0.1) is 30.6 Å². The second-order valence-corrected chi connectivity index (χ2v) is 8.82. The quantitative estimate of drug-likeness (QED) is 0.774. The molecular formula is C25H29NO3. The average Bonchev–Trinajstić information content (AvgIpc) is 2.92. The van der Waals surface area contributed by atoms with Crippen LogP contribution in [0.5, 0.6) is 0 Å². The molecule has 4 rings (SSSR count). The Balaban J connectivity index is 1.59. The summed E-state index contributed by atoms with van der Waals surface area (Å²) in [7, 11) is 0. The molecule has 2 heterocycles. The third kappa shape index (κ3) is 3.40. The largest absolute Gasteiger partial charge is 0.460 e. The second-order valence-electron chi connectivity index (χ2n) is 8.82. The molecule has 29 heavy (non-hydrogen) atoms. The van der Waals surface area contributed by atoms with E-state index in [1.54, 1.807) is 0 Å². The molecule has 1 aromatic heterocycles. The van der Waals surface area contributed by atoms with E-state index in [0.717, 1.165) is 11.3 Å². The first-order chi connectivity index (χ1) is 13.8. The minimum absolute atomic E-state index is 0.0584. The summed E-state index contributed by atoms with van der Waals surface area (Å²) >= 11 is 0. The van der Waals surface area contributed by atoms with Gasteiger partial charge >= 0.3 is 5.97 Å². The van der Waals surface area contributed by atoms with E-state index >= 15 is 0 Å². The molecule has 0 spiro atoms. The van der Waals surface area contributed by atoms with E-state index in [9.17, 15) is 9.90 Å². The number of rotatable bonds is 3. The maximum atomic E-state index is 12.3. The van der Waals surface area contributed by atoms with Gasteiger partial charge in [0, 0.05) is 17.7 Å². The number of pyridine rings is 1. The van der Waals surface area contributed by atoms with Gasteiger partial charge in [0.05, 0.1) is 5.69 Å². The number of benzene rings is 1. The highest BCUT2D eigenvalue weighted by Gasteiger charge is 2.61. The van der Waals surface area contributed by atoms with Gasteiger partial charge in [-0.15, -0.1) is 0 Å². The van der Waals surface area contributed by atoms with Gasteiger partial charge in [-0.1, -0.05) is 50.3 Å². The van der Waals surface area contributed by atoms with Crippen molar-refractivity contribution in [2.24, 2.45) is 23.7 Å². The van der Waals surface area contributed by atoms with Gasteiger partial charge in [-0.2, -0.15) is 0 Å². The molecule has 0 radical (unpaired) electrons. The van der Waals surface area contributed by atoms with Crippen LogP contribution in [0.15, 0.2) is 48.7 Å². The molecule has 1 N–H and O–H groups in total. The maximum Gasteiger partial charge on any atom is 0.338 e. The lowest BCUT2D eigenvalue weighted by molar-refractivity contribution is -0.160. The standard InChI is InChI=1S/C25H29NO3/c1-15-7-5-6-8-21(15)19-9-10-20(26-14-19)11-12-22-17(3)16(2)13-25(28)23(22)18(4)29-24(25)27/h5-12,14,16-18,22-23,28H,13H2,1-4H3/t16-,17+,18+,22-,23-,25-/m0/s1. The number of aliphatic hydroxyl groups is 1. The number of ether oxygens (including phenoxy) is 1. The first-order valence-electron chi connectivity index (χ1n) is 10.4. The van der Waals surface area contributed by atoms with Crippen molar-refractivity contribution < 1.29 is 14.6 Å². The van der Waals surface area contributed by atoms with E-state index in [1.807, 2.05) is 37.4 Å². The Kier molecular flexibility index (Phi) is 5.07. The van der Waals surface area contributed by atoms with Gasteiger partial charge in [-0.05, 0) is 61.3 Å². The Labute approximate surface area is 172 Å². The number of hydrogen-bond acceptors (Lipinski definition) is 4. The SMILES string of the molecule is Cc1ccccc1-c1ccc(C=C[C@H]2[C@H](C)[C@@H](C)C[C@@]3(O)C(=O)O[C@H](C)[C@@H]23)nc1. The lowest BCUT2D eigenvalue weighted by Gasteiger charge is -2.44. The average molecular weight is 392 g/mol. The van der Waals surface area contributed by atoms with Crippen LogP contribution in [0.3, 0.4) is 0 Å². The Hall–Kier alpha value is -2.46. The normalized spacial score (nSPS) is 34.2. The molecule has 1 saturated carbocycles. The number of carbonyl (C=O) groups is 1. The van der Waals surface area contributed by atoms with Crippen LogP contribution in [0.2, 0.25) is 0 Å². The molecule has 0 amide bonds. The number of aryl methyl sites for hydroxylation is 1. The van der Waals surface area contributed by atoms with Gasteiger partial charge in [0.2, 0.25) is 0 Å². The number of fused-ring (bicyclic) bond motifs is 1. The monoisotopic (exact) mass is 391 g/mol. The predicted octanol–water partition coefficient (Wildman–Crippen LogP) is 4.65. The van der Waals surface area contributed by atoms with E-state index in [-0.39, 0.29) is 23.9 Å². The summed E-state index contributed by atoms with van der Waals surface area (Å²) in [6, 6.07) is 12.4. The molecule has 2 aliphatic rings. The number of carbonyl (C=O) groups excluding carboxylic acids is 1. The molecule has 0 unspecified atom stereocenters. The van der Waals surface area contributed by atoms with Crippen LogP contribution in [0.4, 0.5) is 0 Å². The van der Waals surface area contributed by atoms with E-state index < -0.39 is 11.6 Å². The summed E-state index contributed by atoms with van der Waals surface area (Å²) in [6.45, 7) is 8.29. The maximum absolute atomic E-state index is 12.3. The Bertz CT molecular complexity index is 935. The molecule has 1 aliphatic heterocycles. The van der Waals surface area contributed by atoms with Crippen molar-refractivity contribution in [1.82, 2.24) is 4.98 Å². The fourth-order valence-corrected chi connectivity index (χ4v) is 5.17. The van der Waals surface area contributed by atoms with Crippen LogP contribution in [0.25, 0.3) is 17.2 Å². The van der Waals surface area contributed by atoms with Gasteiger partial charge in [0.25, 0.3) is 0 Å². The first kappa shape index (κ1) is 19.8. The minimum atomic E-state index is -1.37. The smallest absolute Gasteiger partial charge is 0.338 e. The van der Waals surface area contributed by atoms with Crippen LogP contribution >= 0.6 is 0 Å². The third-order valence-corrected chi connectivity index (χ3v) is 6.99. The highest BCUT2D eigenvalue weighted by Crippen LogP contribution is 2.51. The summed E-state index contributed by atoms with van der Waals surface area (Å²) in [5.41, 5.74) is 3.00. The molecular weight excluding hydrogens is 362 g/mol. The van der Waals surface area contributed by atoms with Gasteiger partial charge in [0.1, 0.15) is 6.10 Å². The number of allylic oxidation sites excluding steroid dienone is 1. The summed E-state index contributed by atoms with van der Waals surface area (Å²) in [5.74, 6) is -0.0422.